The van der Waals surface area contributed by atoms with Crippen LogP contribution in [-0.4, -0.2) is 37.1 Å². The van der Waals surface area contributed by atoms with Crippen LogP contribution in [0, 0.1) is 6.92 Å². The molecule has 8 heteroatoms. The number of carbonyl (C=O) groups excluding carboxylic acids is 1. The lowest BCUT2D eigenvalue weighted by Gasteiger charge is -2.04. The average Bonchev–Trinajstić information content (AvgIpc) is 3.00. The highest BCUT2D eigenvalue weighted by molar-refractivity contribution is 7.89. The number of sulfonamides is 1. The normalized spacial score (nSPS) is 11.4. The van der Waals surface area contributed by atoms with E-state index >= 15 is 0 Å². The molecule has 0 radical (unpaired) electrons. The first-order valence-electron chi connectivity index (χ1n) is 7.18. The summed E-state index contributed by atoms with van der Waals surface area (Å²) in [6.45, 7) is 2.24. The number of hydrogen-bond donors (Lipinski definition) is 3. The smallest absolute Gasteiger partial charge is 0.221 e. The van der Waals surface area contributed by atoms with E-state index in [1.165, 1.54) is 7.05 Å². The fourth-order valence-corrected chi connectivity index (χ4v) is 2.67. The van der Waals surface area contributed by atoms with Crippen molar-refractivity contribution in [3.8, 4) is 11.3 Å². The SMILES string of the molecule is CNS(=O)(=O)CCC(=O)NCc1ncc(-c2cccc(C)c2)[nH]1. The summed E-state index contributed by atoms with van der Waals surface area (Å²) in [5.74, 6) is 0.0471. The summed E-state index contributed by atoms with van der Waals surface area (Å²) in [5.41, 5.74) is 3.04. The van der Waals surface area contributed by atoms with E-state index in [0.717, 1.165) is 16.8 Å². The molecule has 0 aliphatic heterocycles. The maximum absolute atomic E-state index is 11.7. The van der Waals surface area contributed by atoms with Crippen LogP contribution in [0.3, 0.4) is 0 Å². The van der Waals surface area contributed by atoms with Gasteiger partial charge in [-0.2, -0.15) is 0 Å². The van der Waals surface area contributed by atoms with Gasteiger partial charge in [-0.05, 0) is 25.6 Å². The quantitative estimate of drug-likeness (QED) is 0.700. The topological polar surface area (TPSA) is 104 Å². The van der Waals surface area contributed by atoms with Crippen LogP contribution < -0.4 is 10.0 Å². The maximum atomic E-state index is 11.7. The van der Waals surface area contributed by atoms with Gasteiger partial charge in [-0.15, -0.1) is 0 Å². The van der Waals surface area contributed by atoms with Crippen molar-refractivity contribution in [1.29, 1.82) is 0 Å². The van der Waals surface area contributed by atoms with Crippen LogP contribution >= 0.6 is 0 Å². The molecule has 2 aromatic rings. The lowest BCUT2D eigenvalue weighted by atomic mass is 10.1. The third kappa shape index (κ3) is 5.19. The van der Waals surface area contributed by atoms with Crippen LogP contribution in [0.15, 0.2) is 30.5 Å². The Balaban J connectivity index is 1.89. The summed E-state index contributed by atoms with van der Waals surface area (Å²) < 4.78 is 24.7. The number of aromatic amines is 1. The molecule has 0 fully saturated rings. The van der Waals surface area contributed by atoms with Gasteiger partial charge in [0, 0.05) is 6.42 Å². The molecule has 0 aliphatic rings. The molecule has 0 saturated carbocycles. The fourth-order valence-electron chi connectivity index (χ4n) is 2.01. The van der Waals surface area contributed by atoms with Gasteiger partial charge in [-0.3, -0.25) is 4.79 Å². The maximum Gasteiger partial charge on any atom is 0.221 e. The van der Waals surface area contributed by atoms with Gasteiger partial charge in [0.05, 0.1) is 24.2 Å². The summed E-state index contributed by atoms with van der Waals surface area (Å²) >= 11 is 0. The molecule has 1 heterocycles. The molecule has 1 aromatic carbocycles. The van der Waals surface area contributed by atoms with Gasteiger partial charge in [-0.1, -0.05) is 23.8 Å². The number of nitrogens with zero attached hydrogens (tertiary/aromatic N) is 1. The second-order valence-electron chi connectivity index (χ2n) is 5.16. The first-order valence-corrected chi connectivity index (χ1v) is 8.84. The van der Waals surface area contributed by atoms with E-state index in [4.69, 9.17) is 0 Å². The minimum atomic E-state index is -3.37. The fraction of sp³-hybridized carbons (Fsp3) is 0.333. The molecule has 0 bridgehead atoms. The average molecular weight is 336 g/mol. The number of H-pyrrole nitrogens is 1. The number of amides is 1. The summed E-state index contributed by atoms with van der Waals surface area (Å²) in [7, 11) is -2.05. The summed E-state index contributed by atoms with van der Waals surface area (Å²) in [6.07, 6.45) is 1.62. The molecule has 0 aliphatic carbocycles. The number of rotatable bonds is 7. The van der Waals surface area contributed by atoms with Crippen LogP contribution in [0.1, 0.15) is 17.8 Å². The Kier molecular flexibility index (Phi) is 5.51. The molecule has 2 rings (SSSR count). The number of aryl methyl sites for hydroxylation is 1. The lowest BCUT2D eigenvalue weighted by molar-refractivity contribution is -0.120. The molecule has 0 saturated heterocycles. The Bertz CT molecular complexity index is 784. The van der Waals surface area contributed by atoms with Crippen LogP contribution in [0.4, 0.5) is 0 Å². The summed E-state index contributed by atoms with van der Waals surface area (Å²) in [6, 6.07) is 8.00. The van der Waals surface area contributed by atoms with Crippen molar-refractivity contribution in [2.24, 2.45) is 0 Å². The standard InChI is InChI=1S/C15H20N4O3S/c1-11-4-3-5-12(8-11)13-9-17-14(19-13)10-18-15(20)6-7-23(21,22)16-2/h3-5,8-9,16H,6-7,10H2,1-2H3,(H,17,19)(H,18,20). The van der Waals surface area contributed by atoms with Crippen LogP contribution in [0.25, 0.3) is 11.3 Å². The van der Waals surface area contributed by atoms with Crippen molar-refractivity contribution in [2.75, 3.05) is 12.8 Å². The van der Waals surface area contributed by atoms with Crippen molar-refractivity contribution in [2.45, 2.75) is 19.9 Å². The van der Waals surface area contributed by atoms with Crippen molar-refractivity contribution in [3.05, 3.63) is 41.9 Å². The molecule has 0 unspecified atom stereocenters. The number of imidazole rings is 1. The zero-order valence-electron chi connectivity index (χ0n) is 13.1. The lowest BCUT2D eigenvalue weighted by Crippen LogP contribution is -2.29. The van der Waals surface area contributed by atoms with Crippen LogP contribution in [0.5, 0.6) is 0 Å². The Hall–Kier alpha value is -2.19. The van der Waals surface area contributed by atoms with E-state index in [0.29, 0.717) is 5.82 Å². The zero-order chi connectivity index (χ0) is 16.9. The summed E-state index contributed by atoms with van der Waals surface area (Å²) in [5, 5.41) is 2.65. The Morgan fingerprint density at radius 2 is 2.13 bits per heavy atom. The molecule has 23 heavy (non-hydrogen) atoms. The molecule has 0 spiro atoms. The Morgan fingerprint density at radius 1 is 1.35 bits per heavy atom. The van der Waals surface area contributed by atoms with Crippen molar-refractivity contribution in [3.63, 3.8) is 0 Å². The number of nitrogens with one attached hydrogen (secondary N) is 3. The van der Waals surface area contributed by atoms with Crippen molar-refractivity contribution >= 4 is 15.9 Å². The first kappa shape index (κ1) is 17.2. The van der Waals surface area contributed by atoms with Crippen LogP contribution in [-0.2, 0) is 21.4 Å². The molecular formula is C15H20N4O3S. The van der Waals surface area contributed by atoms with E-state index in [2.05, 4.69) is 20.0 Å². The minimum Gasteiger partial charge on any atom is -0.349 e. The molecular weight excluding hydrogens is 316 g/mol. The van der Waals surface area contributed by atoms with Gasteiger partial charge >= 0.3 is 0 Å². The third-order valence-electron chi connectivity index (χ3n) is 3.32. The van der Waals surface area contributed by atoms with Gasteiger partial charge < -0.3 is 10.3 Å². The van der Waals surface area contributed by atoms with E-state index in [9.17, 15) is 13.2 Å². The highest BCUT2D eigenvalue weighted by Gasteiger charge is 2.11. The molecule has 7 nitrogen and oxygen atoms in total. The van der Waals surface area contributed by atoms with Gasteiger partial charge in [0.1, 0.15) is 5.82 Å². The second-order valence-corrected chi connectivity index (χ2v) is 7.21. The minimum absolute atomic E-state index is 0.0887. The highest BCUT2D eigenvalue weighted by atomic mass is 32.2. The van der Waals surface area contributed by atoms with E-state index in [-0.39, 0.29) is 24.6 Å². The van der Waals surface area contributed by atoms with E-state index in [1.807, 2.05) is 31.2 Å². The van der Waals surface area contributed by atoms with Crippen molar-refractivity contribution < 1.29 is 13.2 Å². The predicted molar refractivity (Wildman–Crippen MR) is 88.1 cm³/mol. The first-order chi connectivity index (χ1) is 10.9. The van der Waals surface area contributed by atoms with Gasteiger partial charge in [0.15, 0.2) is 0 Å². The van der Waals surface area contributed by atoms with Gasteiger partial charge in [0.2, 0.25) is 15.9 Å². The molecule has 3 N–H and O–H groups in total. The second kappa shape index (κ2) is 7.38. The number of hydrogen-bond acceptors (Lipinski definition) is 4. The van der Waals surface area contributed by atoms with Crippen molar-refractivity contribution in [1.82, 2.24) is 20.0 Å². The molecule has 0 atom stereocenters. The number of carbonyl (C=O) groups is 1. The Labute approximate surface area is 135 Å². The summed E-state index contributed by atoms with van der Waals surface area (Å²) in [4.78, 5) is 19.0. The van der Waals surface area contributed by atoms with Crippen LogP contribution in [0.2, 0.25) is 0 Å². The number of aromatic nitrogens is 2. The molecule has 124 valence electrons. The van der Waals surface area contributed by atoms with E-state index < -0.39 is 10.0 Å². The third-order valence-corrected chi connectivity index (χ3v) is 4.68. The molecule has 1 aromatic heterocycles. The number of benzene rings is 1. The van der Waals surface area contributed by atoms with Gasteiger partial charge in [0.25, 0.3) is 0 Å². The predicted octanol–water partition coefficient (Wildman–Crippen LogP) is 0.941. The van der Waals surface area contributed by atoms with E-state index in [1.54, 1.807) is 6.20 Å². The largest absolute Gasteiger partial charge is 0.349 e. The Morgan fingerprint density at radius 3 is 2.83 bits per heavy atom. The zero-order valence-corrected chi connectivity index (χ0v) is 13.9. The monoisotopic (exact) mass is 336 g/mol. The van der Waals surface area contributed by atoms with Gasteiger partial charge in [-0.25, -0.2) is 18.1 Å². The highest BCUT2D eigenvalue weighted by Crippen LogP contribution is 2.17. The molecule has 1 amide bonds.